The molecule has 3 rings (SSSR count). The van der Waals surface area contributed by atoms with Crippen LogP contribution in [0.1, 0.15) is 10.4 Å². The molecule has 22 heavy (non-hydrogen) atoms. The Bertz CT molecular complexity index is 870. The number of rotatable bonds is 3. The average molecular weight is 325 g/mol. The first-order valence-corrected chi connectivity index (χ1v) is 8.15. The predicted octanol–water partition coefficient (Wildman–Crippen LogP) is 4.95. The third-order valence-corrected chi connectivity index (χ3v) is 5.25. The van der Waals surface area contributed by atoms with Crippen LogP contribution in [0.15, 0.2) is 47.8 Å². The van der Waals surface area contributed by atoms with Crippen molar-refractivity contribution in [3.8, 4) is 27.3 Å². The Morgan fingerprint density at radius 1 is 1.05 bits per heavy atom. The molecule has 1 aromatic carbocycles. The molecule has 0 aliphatic heterocycles. The van der Waals surface area contributed by atoms with Crippen LogP contribution in [-0.4, -0.2) is 10.2 Å². The first kappa shape index (κ1) is 14.4. The number of allylic oxidation sites excluding steroid dienone is 1. The molecule has 0 atom stereocenters. The molecule has 2 heterocycles. The highest BCUT2D eigenvalue weighted by Crippen LogP contribution is 2.35. The summed E-state index contributed by atoms with van der Waals surface area (Å²) < 4.78 is 0. The third kappa shape index (κ3) is 2.89. The van der Waals surface area contributed by atoms with Crippen LogP contribution in [0.3, 0.4) is 0 Å². The molecule has 0 unspecified atom stereocenters. The number of nitriles is 1. The summed E-state index contributed by atoms with van der Waals surface area (Å²) in [6, 6.07) is 14.7. The molecule has 0 radical (unpaired) electrons. The van der Waals surface area contributed by atoms with Crippen molar-refractivity contribution in [1.82, 2.24) is 0 Å². The summed E-state index contributed by atoms with van der Waals surface area (Å²) in [7, 11) is 0. The molecule has 3 nitrogen and oxygen atoms in total. The summed E-state index contributed by atoms with van der Waals surface area (Å²) in [5.74, 6) is -0.372. The van der Waals surface area contributed by atoms with Crippen LogP contribution in [0.2, 0.25) is 0 Å². The highest BCUT2D eigenvalue weighted by atomic mass is 32.1. The van der Waals surface area contributed by atoms with Crippen molar-refractivity contribution in [2.24, 2.45) is 0 Å². The third-order valence-electron chi connectivity index (χ3n) is 3.07. The Kier molecular flexibility index (Phi) is 3.96. The molecule has 2 N–H and O–H groups in total. The zero-order valence-corrected chi connectivity index (χ0v) is 13.0. The van der Waals surface area contributed by atoms with Crippen molar-refractivity contribution in [3.63, 3.8) is 0 Å². The van der Waals surface area contributed by atoms with Gasteiger partial charge in [0.25, 0.3) is 0 Å². The van der Waals surface area contributed by atoms with Crippen LogP contribution < -0.4 is 0 Å². The Balaban J connectivity index is 1.96. The molecule has 0 bridgehead atoms. The molecule has 0 fully saturated rings. The predicted molar refractivity (Wildman–Crippen MR) is 90.9 cm³/mol. The van der Waals surface area contributed by atoms with Gasteiger partial charge < -0.3 is 10.2 Å². The van der Waals surface area contributed by atoms with E-state index in [0.717, 1.165) is 9.75 Å². The molecule has 0 amide bonds. The minimum Gasteiger partial charge on any atom is -0.504 e. The average Bonchev–Trinajstić information content (AvgIpc) is 3.18. The van der Waals surface area contributed by atoms with E-state index >= 15 is 0 Å². The zero-order valence-electron chi connectivity index (χ0n) is 11.4. The number of hydrogen-bond donors (Lipinski definition) is 2. The minimum absolute atomic E-state index is 0.174. The lowest BCUT2D eigenvalue weighted by molar-refractivity contribution is 0.403. The topological polar surface area (TPSA) is 64.2 Å². The van der Waals surface area contributed by atoms with Crippen LogP contribution in [0, 0.1) is 11.3 Å². The van der Waals surface area contributed by atoms with Gasteiger partial charge in [-0.25, -0.2) is 0 Å². The lowest BCUT2D eigenvalue weighted by atomic mass is 10.1. The van der Waals surface area contributed by atoms with Gasteiger partial charge >= 0.3 is 0 Å². The lowest BCUT2D eigenvalue weighted by Crippen LogP contribution is -1.78. The molecule has 0 spiro atoms. The van der Waals surface area contributed by atoms with Crippen molar-refractivity contribution >= 4 is 34.3 Å². The van der Waals surface area contributed by atoms with Gasteiger partial charge in [-0.2, -0.15) is 5.26 Å². The zero-order chi connectivity index (χ0) is 15.5. The van der Waals surface area contributed by atoms with Crippen molar-refractivity contribution in [2.45, 2.75) is 0 Å². The van der Waals surface area contributed by atoms with Gasteiger partial charge in [-0.3, -0.25) is 0 Å². The Labute approximate surface area is 135 Å². The number of hydrogen-bond acceptors (Lipinski definition) is 5. The molecule has 5 heteroatoms. The van der Waals surface area contributed by atoms with Crippen LogP contribution in [0.25, 0.3) is 21.4 Å². The number of phenols is 2. The van der Waals surface area contributed by atoms with Crippen LogP contribution in [-0.2, 0) is 0 Å². The fraction of sp³-hybridized carbons (Fsp3) is 0. The summed E-state index contributed by atoms with van der Waals surface area (Å²) in [6.07, 6.45) is 1.70. The van der Waals surface area contributed by atoms with Gasteiger partial charge in [-0.15, -0.1) is 22.7 Å². The quantitative estimate of drug-likeness (QED) is 0.529. The first-order chi connectivity index (χ1) is 10.7. The smallest absolute Gasteiger partial charge is 0.157 e. The monoisotopic (exact) mass is 325 g/mol. The van der Waals surface area contributed by atoms with Gasteiger partial charge in [0.05, 0.1) is 5.57 Å². The Morgan fingerprint density at radius 3 is 2.59 bits per heavy atom. The van der Waals surface area contributed by atoms with Gasteiger partial charge in [0, 0.05) is 14.6 Å². The first-order valence-electron chi connectivity index (χ1n) is 6.45. The van der Waals surface area contributed by atoms with E-state index in [9.17, 15) is 15.5 Å². The fourth-order valence-electron chi connectivity index (χ4n) is 1.99. The fourth-order valence-corrected chi connectivity index (χ4v) is 3.80. The highest BCUT2D eigenvalue weighted by Gasteiger charge is 2.08. The van der Waals surface area contributed by atoms with Crippen LogP contribution >= 0.6 is 22.7 Å². The molecular weight excluding hydrogens is 314 g/mol. The van der Waals surface area contributed by atoms with Gasteiger partial charge in [0.15, 0.2) is 11.5 Å². The summed E-state index contributed by atoms with van der Waals surface area (Å²) in [4.78, 5) is 3.17. The maximum Gasteiger partial charge on any atom is 0.157 e. The molecular formula is C17H11NO2S2. The summed E-state index contributed by atoms with van der Waals surface area (Å²) >= 11 is 3.22. The molecule has 0 saturated carbocycles. The van der Waals surface area contributed by atoms with E-state index in [4.69, 9.17) is 0 Å². The summed E-state index contributed by atoms with van der Waals surface area (Å²) in [5.41, 5.74) is 1.19. The Morgan fingerprint density at radius 2 is 1.91 bits per heavy atom. The molecule has 108 valence electrons. The van der Waals surface area contributed by atoms with E-state index in [1.165, 1.54) is 17.0 Å². The highest BCUT2D eigenvalue weighted by molar-refractivity contribution is 7.22. The van der Waals surface area contributed by atoms with Crippen LogP contribution in [0.5, 0.6) is 11.5 Å². The number of benzene rings is 1. The normalized spacial score (nSPS) is 11.3. The van der Waals surface area contributed by atoms with Gasteiger partial charge in [0.1, 0.15) is 6.07 Å². The number of phenolic OH excluding ortho intramolecular Hbond substituents is 2. The van der Waals surface area contributed by atoms with E-state index in [2.05, 4.69) is 6.07 Å². The van der Waals surface area contributed by atoms with Gasteiger partial charge in [-0.05, 0) is 47.4 Å². The molecule has 0 aliphatic carbocycles. The van der Waals surface area contributed by atoms with Crippen molar-refractivity contribution in [2.75, 3.05) is 0 Å². The largest absolute Gasteiger partial charge is 0.504 e. The standard InChI is InChI=1S/C17H11NO2S2/c18-10-12(8-11-3-4-13(19)14(20)9-11)15-5-6-17(22-15)16-2-1-7-21-16/h1-9,19-20H/b12-8+. The van der Waals surface area contributed by atoms with Crippen molar-refractivity contribution in [1.29, 1.82) is 5.26 Å². The Hall–Kier alpha value is -2.55. The molecule has 0 aliphatic rings. The molecule has 0 saturated heterocycles. The van der Waals surface area contributed by atoms with E-state index in [1.807, 2.05) is 29.6 Å². The second kappa shape index (κ2) is 6.06. The van der Waals surface area contributed by atoms with Crippen molar-refractivity contribution < 1.29 is 10.2 Å². The SMILES string of the molecule is N#C/C(=C\c1ccc(O)c(O)c1)c1ccc(-c2cccs2)s1. The van der Waals surface area contributed by atoms with E-state index < -0.39 is 0 Å². The maximum absolute atomic E-state index is 9.53. The lowest BCUT2D eigenvalue weighted by Gasteiger charge is -2.00. The minimum atomic E-state index is -0.198. The van der Waals surface area contributed by atoms with Gasteiger partial charge in [0.2, 0.25) is 0 Å². The summed E-state index contributed by atoms with van der Waals surface area (Å²) in [5, 5.41) is 30.3. The summed E-state index contributed by atoms with van der Waals surface area (Å²) in [6.45, 7) is 0. The molecule has 2 aromatic heterocycles. The maximum atomic E-state index is 9.53. The number of thiophene rings is 2. The second-order valence-corrected chi connectivity index (χ2v) is 6.59. The number of nitrogens with zero attached hydrogens (tertiary/aromatic N) is 1. The second-order valence-electron chi connectivity index (χ2n) is 4.56. The number of aromatic hydroxyl groups is 2. The van der Waals surface area contributed by atoms with E-state index in [1.54, 1.807) is 34.8 Å². The van der Waals surface area contributed by atoms with Crippen molar-refractivity contribution in [3.05, 3.63) is 58.3 Å². The van der Waals surface area contributed by atoms with Crippen LogP contribution in [0.4, 0.5) is 0 Å². The van der Waals surface area contributed by atoms with Gasteiger partial charge in [-0.1, -0.05) is 12.1 Å². The van der Waals surface area contributed by atoms with E-state index in [0.29, 0.717) is 11.1 Å². The molecule has 3 aromatic rings. The van der Waals surface area contributed by atoms with E-state index in [-0.39, 0.29) is 11.5 Å².